The zero-order chi connectivity index (χ0) is 14.3. The molecule has 110 valence electrons. The predicted octanol–water partition coefficient (Wildman–Crippen LogP) is 1.09. The van der Waals surface area contributed by atoms with Gasteiger partial charge in [-0.2, -0.15) is 0 Å². The quantitative estimate of drug-likeness (QED) is 0.581. The first kappa shape index (κ1) is 15.8. The molecule has 1 rings (SSSR count). The fraction of sp³-hybridized carbons (Fsp3) is 0.846. The number of nitrogens with one attached hydrogen (secondary N) is 2. The Hall–Kier alpha value is -1.30. The van der Waals surface area contributed by atoms with E-state index in [2.05, 4.69) is 17.6 Å². The van der Waals surface area contributed by atoms with Crippen molar-refractivity contribution in [3.8, 4) is 0 Å². The third kappa shape index (κ3) is 5.06. The van der Waals surface area contributed by atoms with Crippen LogP contribution >= 0.6 is 0 Å². The van der Waals surface area contributed by atoms with Crippen molar-refractivity contribution < 1.29 is 19.8 Å². The molecule has 1 fully saturated rings. The van der Waals surface area contributed by atoms with Gasteiger partial charge in [0, 0.05) is 19.1 Å². The van der Waals surface area contributed by atoms with Crippen molar-refractivity contribution in [2.75, 3.05) is 6.61 Å². The van der Waals surface area contributed by atoms with Gasteiger partial charge in [-0.1, -0.05) is 26.2 Å². The largest absolute Gasteiger partial charge is 0.480 e. The highest BCUT2D eigenvalue weighted by Crippen LogP contribution is 2.26. The fourth-order valence-corrected chi connectivity index (χ4v) is 2.64. The van der Waals surface area contributed by atoms with Crippen LogP contribution in [0.2, 0.25) is 0 Å². The van der Waals surface area contributed by atoms with E-state index in [4.69, 9.17) is 10.2 Å². The van der Waals surface area contributed by atoms with Crippen LogP contribution in [-0.4, -0.2) is 40.9 Å². The van der Waals surface area contributed by atoms with Crippen molar-refractivity contribution >= 4 is 12.0 Å². The molecule has 2 amide bonds. The predicted molar refractivity (Wildman–Crippen MR) is 70.8 cm³/mol. The molecule has 0 bridgehead atoms. The molecule has 0 aromatic heterocycles. The molecule has 0 aromatic rings. The van der Waals surface area contributed by atoms with Gasteiger partial charge < -0.3 is 20.8 Å². The molecule has 0 saturated heterocycles. The molecule has 4 N–H and O–H groups in total. The number of carboxylic acid groups (broad SMARTS) is 1. The highest BCUT2D eigenvalue weighted by molar-refractivity contribution is 5.82. The summed E-state index contributed by atoms with van der Waals surface area (Å²) in [5.74, 6) is -0.652. The van der Waals surface area contributed by atoms with Gasteiger partial charge in [-0.3, -0.25) is 0 Å². The zero-order valence-electron chi connectivity index (χ0n) is 11.4. The molecule has 1 aliphatic carbocycles. The van der Waals surface area contributed by atoms with Gasteiger partial charge in [0.15, 0.2) is 0 Å². The van der Waals surface area contributed by atoms with Crippen LogP contribution < -0.4 is 10.6 Å². The summed E-state index contributed by atoms with van der Waals surface area (Å²) in [6.07, 6.45) is 5.39. The van der Waals surface area contributed by atoms with E-state index in [9.17, 15) is 9.59 Å². The Balaban J connectivity index is 2.46. The molecular formula is C13H24N2O4. The smallest absolute Gasteiger partial charge is 0.326 e. The summed E-state index contributed by atoms with van der Waals surface area (Å²) in [7, 11) is 0. The maximum absolute atomic E-state index is 11.8. The fourth-order valence-electron chi connectivity index (χ4n) is 2.64. The summed E-state index contributed by atoms with van der Waals surface area (Å²) in [5, 5.41) is 22.9. The standard InChI is InChI=1S/C13H24N2O4/c1-2-9-5-3-4-6-10(9)14-13(19)15-11(7-8-16)12(17)18/h9-11,16H,2-8H2,1H3,(H,17,18)(H2,14,15,19). The van der Waals surface area contributed by atoms with Crippen molar-refractivity contribution in [3.05, 3.63) is 0 Å². The van der Waals surface area contributed by atoms with Crippen molar-refractivity contribution in [2.45, 2.75) is 57.5 Å². The number of aliphatic hydroxyl groups is 1. The van der Waals surface area contributed by atoms with Gasteiger partial charge >= 0.3 is 12.0 Å². The number of carbonyl (C=O) groups excluding carboxylic acids is 1. The van der Waals surface area contributed by atoms with Crippen LogP contribution in [0.3, 0.4) is 0 Å². The van der Waals surface area contributed by atoms with Crippen LogP contribution in [0.25, 0.3) is 0 Å². The monoisotopic (exact) mass is 272 g/mol. The Kier molecular flexibility index (Phi) is 6.62. The van der Waals surface area contributed by atoms with Crippen LogP contribution in [0, 0.1) is 5.92 Å². The minimum Gasteiger partial charge on any atom is -0.480 e. The minimum absolute atomic E-state index is 0.0185. The Morgan fingerprint density at radius 1 is 1.32 bits per heavy atom. The van der Waals surface area contributed by atoms with E-state index in [1.807, 2.05) is 0 Å². The molecule has 0 radical (unpaired) electrons. The topological polar surface area (TPSA) is 98.7 Å². The number of hydrogen-bond acceptors (Lipinski definition) is 3. The van der Waals surface area contributed by atoms with E-state index in [1.165, 1.54) is 6.42 Å². The highest BCUT2D eigenvalue weighted by atomic mass is 16.4. The summed E-state index contributed by atoms with van der Waals surface area (Å²) in [6, 6.07) is -1.36. The van der Waals surface area contributed by atoms with E-state index < -0.39 is 18.0 Å². The lowest BCUT2D eigenvalue weighted by Gasteiger charge is -2.31. The van der Waals surface area contributed by atoms with Gasteiger partial charge in [-0.15, -0.1) is 0 Å². The number of aliphatic hydroxyl groups excluding tert-OH is 1. The third-order valence-corrected chi connectivity index (χ3v) is 3.77. The number of rotatable bonds is 6. The zero-order valence-corrected chi connectivity index (χ0v) is 11.4. The van der Waals surface area contributed by atoms with E-state index in [0.29, 0.717) is 5.92 Å². The van der Waals surface area contributed by atoms with Crippen molar-refractivity contribution in [3.63, 3.8) is 0 Å². The van der Waals surface area contributed by atoms with Gasteiger partial charge in [0.05, 0.1) is 0 Å². The molecular weight excluding hydrogens is 248 g/mol. The maximum Gasteiger partial charge on any atom is 0.326 e. The SMILES string of the molecule is CCC1CCCCC1NC(=O)NC(CCO)C(=O)O. The van der Waals surface area contributed by atoms with Gasteiger partial charge in [0.25, 0.3) is 0 Å². The van der Waals surface area contributed by atoms with Gasteiger partial charge in [0.2, 0.25) is 0 Å². The van der Waals surface area contributed by atoms with Gasteiger partial charge in [-0.05, 0) is 18.8 Å². The number of amides is 2. The van der Waals surface area contributed by atoms with E-state index in [0.717, 1.165) is 25.7 Å². The second-order valence-electron chi connectivity index (χ2n) is 5.08. The number of urea groups is 1. The van der Waals surface area contributed by atoms with E-state index in [1.54, 1.807) is 0 Å². The molecule has 0 aliphatic heterocycles. The number of carboxylic acids is 1. The molecule has 19 heavy (non-hydrogen) atoms. The normalized spacial score (nSPS) is 24.5. The van der Waals surface area contributed by atoms with Crippen molar-refractivity contribution in [2.24, 2.45) is 5.92 Å². The first-order valence-corrected chi connectivity index (χ1v) is 6.99. The van der Waals surface area contributed by atoms with Gasteiger partial charge in [-0.25, -0.2) is 9.59 Å². The lowest BCUT2D eigenvalue weighted by Crippen LogP contribution is -2.51. The molecule has 3 unspecified atom stereocenters. The van der Waals surface area contributed by atoms with Crippen LogP contribution in [0.1, 0.15) is 45.4 Å². The molecule has 0 spiro atoms. The Morgan fingerprint density at radius 3 is 2.58 bits per heavy atom. The van der Waals surface area contributed by atoms with Crippen molar-refractivity contribution in [1.29, 1.82) is 0 Å². The van der Waals surface area contributed by atoms with E-state index in [-0.39, 0.29) is 19.1 Å². The first-order valence-electron chi connectivity index (χ1n) is 6.99. The van der Waals surface area contributed by atoms with Crippen LogP contribution in [0.5, 0.6) is 0 Å². The third-order valence-electron chi connectivity index (χ3n) is 3.77. The average molecular weight is 272 g/mol. The highest BCUT2D eigenvalue weighted by Gasteiger charge is 2.26. The second kappa shape index (κ2) is 7.99. The Morgan fingerprint density at radius 2 is 2.00 bits per heavy atom. The lowest BCUT2D eigenvalue weighted by atomic mass is 9.83. The number of aliphatic carboxylic acids is 1. The average Bonchev–Trinajstić information content (AvgIpc) is 2.38. The molecule has 0 heterocycles. The molecule has 0 aromatic carbocycles. The van der Waals surface area contributed by atoms with E-state index >= 15 is 0 Å². The molecule has 1 saturated carbocycles. The Bertz CT molecular complexity index is 309. The van der Waals surface area contributed by atoms with Gasteiger partial charge in [0.1, 0.15) is 6.04 Å². The summed E-state index contributed by atoms with van der Waals surface area (Å²) in [4.78, 5) is 22.7. The first-order chi connectivity index (χ1) is 9.08. The maximum atomic E-state index is 11.8. The molecule has 3 atom stereocenters. The number of hydrogen-bond donors (Lipinski definition) is 4. The van der Waals surface area contributed by atoms with Crippen LogP contribution in [0.4, 0.5) is 4.79 Å². The molecule has 1 aliphatic rings. The molecule has 6 nitrogen and oxygen atoms in total. The summed E-state index contributed by atoms with van der Waals surface area (Å²) >= 11 is 0. The van der Waals surface area contributed by atoms with Crippen molar-refractivity contribution in [1.82, 2.24) is 10.6 Å². The Labute approximate surface area is 113 Å². The second-order valence-corrected chi connectivity index (χ2v) is 5.08. The summed E-state index contributed by atoms with van der Waals surface area (Å²) in [6.45, 7) is 1.84. The lowest BCUT2D eigenvalue weighted by molar-refractivity contribution is -0.139. The molecule has 6 heteroatoms. The number of carbonyl (C=O) groups is 2. The van der Waals surface area contributed by atoms with Crippen LogP contribution in [-0.2, 0) is 4.79 Å². The minimum atomic E-state index is -1.13. The van der Waals surface area contributed by atoms with Crippen LogP contribution in [0.15, 0.2) is 0 Å². The summed E-state index contributed by atoms with van der Waals surface area (Å²) < 4.78 is 0. The summed E-state index contributed by atoms with van der Waals surface area (Å²) in [5.41, 5.74) is 0.